The maximum absolute atomic E-state index is 11.3. The first kappa shape index (κ1) is 13.6. The van der Waals surface area contributed by atoms with E-state index in [2.05, 4.69) is 4.98 Å². The third kappa shape index (κ3) is 4.07. The normalized spacial score (nSPS) is 12.1. The van der Waals surface area contributed by atoms with Crippen LogP contribution in [0.25, 0.3) is 0 Å². The minimum atomic E-state index is -0.793. The third-order valence-electron chi connectivity index (χ3n) is 2.95. The van der Waals surface area contributed by atoms with Crippen LogP contribution < -0.4 is 0 Å². The highest BCUT2D eigenvalue weighted by Gasteiger charge is 2.18. The number of carbonyl (C=O) groups is 1. The summed E-state index contributed by atoms with van der Waals surface area (Å²) in [7, 11) is 0. The van der Waals surface area contributed by atoms with Gasteiger partial charge in [0.15, 0.2) is 0 Å². The van der Waals surface area contributed by atoms with E-state index in [1.807, 2.05) is 24.3 Å². The van der Waals surface area contributed by atoms with Gasteiger partial charge in [0, 0.05) is 17.4 Å². The van der Waals surface area contributed by atoms with Crippen LogP contribution in [0.15, 0.2) is 48.8 Å². The van der Waals surface area contributed by atoms with Crippen molar-refractivity contribution in [2.45, 2.75) is 12.8 Å². The molecule has 1 heterocycles. The SMILES string of the molecule is O=C(O)C(Cc1ccc(Cl)cc1)Cc1cccnc1. The Bertz CT molecular complexity index is 540. The molecule has 1 unspecified atom stereocenters. The van der Waals surface area contributed by atoms with Crippen LogP contribution in [0.2, 0.25) is 5.02 Å². The molecule has 3 nitrogen and oxygen atoms in total. The Morgan fingerprint density at radius 2 is 1.84 bits per heavy atom. The Hall–Kier alpha value is -1.87. The topological polar surface area (TPSA) is 50.2 Å². The van der Waals surface area contributed by atoms with Crippen molar-refractivity contribution in [1.29, 1.82) is 0 Å². The summed E-state index contributed by atoms with van der Waals surface area (Å²) >= 11 is 5.82. The lowest BCUT2D eigenvalue weighted by Crippen LogP contribution is -2.19. The number of aromatic nitrogens is 1. The number of rotatable bonds is 5. The predicted octanol–water partition coefficient (Wildman–Crippen LogP) is 3.22. The largest absolute Gasteiger partial charge is 0.481 e. The number of hydrogen-bond donors (Lipinski definition) is 1. The van der Waals surface area contributed by atoms with E-state index in [1.54, 1.807) is 24.5 Å². The Balaban J connectivity index is 2.08. The molecular formula is C15H14ClNO2. The number of aliphatic carboxylic acids is 1. The smallest absolute Gasteiger partial charge is 0.307 e. The Morgan fingerprint density at radius 1 is 1.16 bits per heavy atom. The van der Waals surface area contributed by atoms with Gasteiger partial charge in [-0.3, -0.25) is 9.78 Å². The molecule has 1 aromatic carbocycles. The molecule has 0 radical (unpaired) electrons. The summed E-state index contributed by atoms with van der Waals surface area (Å²) in [4.78, 5) is 15.3. The van der Waals surface area contributed by atoms with Gasteiger partial charge in [-0.25, -0.2) is 0 Å². The Kier molecular flexibility index (Phi) is 4.53. The second kappa shape index (κ2) is 6.34. The lowest BCUT2D eigenvalue weighted by atomic mass is 9.93. The van der Waals surface area contributed by atoms with Gasteiger partial charge in [-0.15, -0.1) is 0 Å². The maximum Gasteiger partial charge on any atom is 0.307 e. The van der Waals surface area contributed by atoms with E-state index in [9.17, 15) is 9.90 Å². The van der Waals surface area contributed by atoms with Gasteiger partial charge in [0.05, 0.1) is 5.92 Å². The monoisotopic (exact) mass is 275 g/mol. The molecule has 0 aliphatic rings. The summed E-state index contributed by atoms with van der Waals surface area (Å²) < 4.78 is 0. The van der Waals surface area contributed by atoms with Crippen LogP contribution in [0.1, 0.15) is 11.1 Å². The number of nitrogens with zero attached hydrogens (tertiary/aromatic N) is 1. The fourth-order valence-corrected chi connectivity index (χ4v) is 2.08. The molecular weight excluding hydrogens is 262 g/mol. The van der Waals surface area contributed by atoms with Crippen molar-refractivity contribution < 1.29 is 9.90 Å². The highest BCUT2D eigenvalue weighted by atomic mass is 35.5. The van der Waals surface area contributed by atoms with Gasteiger partial charge in [0.2, 0.25) is 0 Å². The van der Waals surface area contributed by atoms with Gasteiger partial charge >= 0.3 is 5.97 Å². The highest BCUT2D eigenvalue weighted by Crippen LogP contribution is 2.17. The van der Waals surface area contributed by atoms with Crippen molar-refractivity contribution in [2.24, 2.45) is 5.92 Å². The van der Waals surface area contributed by atoms with Gasteiger partial charge in [-0.1, -0.05) is 29.8 Å². The zero-order chi connectivity index (χ0) is 13.7. The van der Waals surface area contributed by atoms with Gasteiger partial charge in [0.1, 0.15) is 0 Å². The number of carboxylic acids is 1. The molecule has 0 saturated carbocycles. The van der Waals surface area contributed by atoms with Crippen LogP contribution in [-0.4, -0.2) is 16.1 Å². The second-order valence-electron chi connectivity index (χ2n) is 4.43. The summed E-state index contributed by atoms with van der Waals surface area (Å²) in [6.07, 6.45) is 4.35. The maximum atomic E-state index is 11.3. The average molecular weight is 276 g/mol. The molecule has 0 amide bonds. The van der Waals surface area contributed by atoms with Gasteiger partial charge in [-0.2, -0.15) is 0 Å². The first-order valence-electron chi connectivity index (χ1n) is 6.01. The van der Waals surface area contributed by atoms with E-state index in [4.69, 9.17) is 11.6 Å². The Labute approximate surface area is 116 Å². The zero-order valence-electron chi connectivity index (χ0n) is 10.3. The highest BCUT2D eigenvalue weighted by molar-refractivity contribution is 6.30. The van der Waals surface area contributed by atoms with Crippen molar-refractivity contribution in [1.82, 2.24) is 4.98 Å². The van der Waals surface area contributed by atoms with Crippen molar-refractivity contribution in [2.75, 3.05) is 0 Å². The number of carboxylic acid groups (broad SMARTS) is 1. The summed E-state index contributed by atoms with van der Waals surface area (Å²) in [5.41, 5.74) is 1.91. The summed E-state index contributed by atoms with van der Waals surface area (Å²) in [5, 5.41) is 9.96. The van der Waals surface area contributed by atoms with E-state index >= 15 is 0 Å². The second-order valence-corrected chi connectivity index (χ2v) is 4.87. The fourth-order valence-electron chi connectivity index (χ4n) is 1.96. The summed E-state index contributed by atoms with van der Waals surface area (Å²) in [6, 6.07) is 11.0. The van der Waals surface area contributed by atoms with Gasteiger partial charge in [-0.05, 0) is 42.2 Å². The molecule has 0 saturated heterocycles. The van der Waals surface area contributed by atoms with Crippen molar-refractivity contribution in [3.63, 3.8) is 0 Å². The van der Waals surface area contributed by atoms with E-state index < -0.39 is 11.9 Å². The minimum absolute atomic E-state index is 0.453. The summed E-state index contributed by atoms with van der Waals surface area (Å²) in [5.74, 6) is -1.25. The standard InChI is InChI=1S/C15H14ClNO2/c16-14-5-3-11(4-6-14)8-13(15(18)19)9-12-2-1-7-17-10-12/h1-7,10,13H,8-9H2,(H,18,19). The molecule has 4 heteroatoms. The molecule has 0 aliphatic heterocycles. The summed E-state index contributed by atoms with van der Waals surface area (Å²) in [6.45, 7) is 0. The van der Waals surface area contributed by atoms with Crippen LogP contribution in [0.3, 0.4) is 0 Å². The molecule has 1 N–H and O–H groups in total. The van der Waals surface area contributed by atoms with Crippen LogP contribution in [-0.2, 0) is 17.6 Å². The molecule has 2 aromatic rings. The molecule has 0 spiro atoms. The number of pyridine rings is 1. The molecule has 1 aromatic heterocycles. The van der Waals surface area contributed by atoms with Crippen molar-refractivity contribution in [3.05, 3.63) is 64.9 Å². The van der Waals surface area contributed by atoms with Crippen LogP contribution >= 0.6 is 11.6 Å². The molecule has 0 aliphatic carbocycles. The van der Waals surface area contributed by atoms with E-state index in [0.29, 0.717) is 17.9 Å². The zero-order valence-corrected chi connectivity index (χ0v) is 11.0. The number of hydrogen-bond acceptors (Lipinski definition) is 2. The van der Waals surface area contributed by atoms with E-state index in [0.717, 1.165) is 11.1 Å². The number of benzene rings is 1. The number of halogens is 1. The van der Waals surface area contributed by atoms with E-state index in [-0.39, 0.29) is 0 Å². The molecule has 98 valence electrons. The van der Waals surface area contributed by atoms with Crippen LogP contribution in [0, 0.1) is 5.92 Å². The van der Waals surface area contributed by atoms with Crippen molar-refractivity contribution >= 4 is 17.6 Å². The average Bonchev–Trinajstić information content (AvgIpc) is 2.41. The first-order chi connectivity index (χ1) is 9.15. The van der Waals surface area contributed by atoms with Crippen LogP contribution in [0.5, 0.6) is 0 Å². The predicted molar refractivity (Wildman–Crippen MR) is 74.2 cm³/mol. The first-order valence-corrected chi connectivity index (χ1v) is 6.39. The lowest BCUT2D eigenvalue weighted by Gasteiger charge is -2.12. The molecule has 1 atom stereocenters. The lowest BCUT2D eigenvalue weighted by molar-refractivity contribution is -0.141. The molecule has 2 rings (SSSR count). The van der Waals surface area contributed by atoms with Crippen molar-refractivity contribution in [3.8, 4) is 0 Å². The minimum Gasteiger partial charge on any atom is -0.481 e. The molecule has 0 bridgehead atoms. The van der Waals surface area contributed by atoms with Gasteiger partial charge in [0.25, 0.3) is 0 Å². The quantitative estimate of drug-likeness (QED) is 0.911. The fraction of sp³-hybridized carbons (Fsp3) is 0.200. The van der Waals surface area contributed by atoms with E-state index in [1.165, 1.54) is 0 Å². The third-order valence-corrected chi connectivity index (χ3v) is 3.20. The Morgan fingerprint density at radius 3 is 2.42 bits per heavy atom. The molecule has 19 heavy (non-hydrogen) atoms. The van der Waals surface area contributed by atoms with Crippen LogP contribution in [0.4, 0.5) is 0 Å². The van der Waals surface area contributed by atoms with Gasteiger partial charge < -0.3 is 5.11 Å². The molecule has 0 fully saturated rings.